The largest absolute Gasteiger partial charge is 0.480 e. The Kier molecular flexibility index (Phi) is 7.80. The number of amides is 1. The number of carbonyl (C=O) groups excluding carboxylic acids is 1. The van der Waals surface area contributed by atoms with Gasteiger partial charge >= 0.3 is 19.7 Å². The van der Waals surface area contributed by atoms with E-state index in [1.54, 1.807) is 34.6 Å². The van der Waals surface area contributed by atoms with Crippen molar-refractivity contribution in [3.05, 3.63) is 12.4 Å². The highest BCUT2D eigenvalue weighted by Crippen LogP contribution is 2.46. The van der Waals surface area contributed by atoms with Gasteiger partial charge in [0.1, 0.15) is 16.9 Å². The van der Waals surface area contributed by atoms with Crippen LogP contribution in [-0.4, -0.2) is 51.8 Å². The zero-order valence-electron chi connectivity index (χ0n) is 15.6. The van der Waals surface area contributed by atoms with E-state index in [2.05, 4.69) is 10.4 Å². The number of carbonyl (C=O) groups is 2. The monoisotopic (exact) mass is 391 g/mol. The summed E-state index contributed by atoms with van der Waals surface area (Å²) in [5, 5.41) is 15.8. The lowest BCUT2D eigenvalue weighted by Gasteiger charge is -2.22. The predicted octanol–water partition coefficient (Wildman–Crippen LogP) is 1.75. The number of alkyl carbamates (subject to hydrolysis) is 1. The van der Waals surface area contributed by atoms with Gasteiger partial charge in [-0.25, -0.2) is 9.59 Å². The number of nitrogens with one attached hydrogen (secondary N) is 1. The van der Waals surface area contributed by atoms with Crippen molar-refractivity contribution in [3.63, 3.8) is 0 Å². The second-order valence-electron chi connectivity index (χ2n) is 6.29. The minimum atomic E-state index is -3.52. The molecule has 0 saturated heterocycles. The summed E-state index contributed by atoms with van der Waals surface area (Å²) in [5.41, 5.74) is -0.756. The van der Waals surface area contributed by atoms with E-state index in [4.69, 9.17) is 13.8 Å². The van der Waals surface area contributed by atoms with E-state index in [1.807, 2.05) is 0 Å². The molecule has 1 atom stereocenters. The maximum absolute atomic E-state index is 12.7. The molecule has 0 saturated carbocycles. The molecule has 1 rings (SSSR count). The first-order valence-corrected chi connectivity index (χ1v) is 9.69. The Hall–Kier alpha value is -1.90. The van der Waals surface area contributed by atoms with Gasteiger partial charge in [-0.3, -0.25) is 9.25 Å². The van der Waals surface area contributed by atoms with Crippen molar-refractivity contribution in [1.29, 1.82) is 0 Å². The van der Waals surface area contributed by atoms with Crippen LogP contribution in [0.2, 0.25) is 0 Å². The Morgan fingerprint density at radius 3 is 2.35 bits per heavy atom. The topological polar surface area (TPSA) is 129 Å². The molecule has 1 amide bonds. The quantitative estimate of drug-likeness (QED) is 0.609. The van der Waals surface area contributed by atoms with Crippen LogP contribution < -0.4 is 10.6 Å². The van der Waals surface area contributed by atoms with Gasteiger partial charge in [-0.1, -0.05) is 0 Å². The number of carboxylic acids is 1. The Bertz CT molecular complexity index is 658. The van der Waals surface area contributed by atoms with Crippen molar-refractivity contribution in [2.75, 3.05) is 13.2 Å². The number of aromatic nitrogens is 2. The van der Waals surface area contributed by atoms with Gasteiger partial charge in [0.15, 0.2) is 0 Å². The lowest BCUT2D eigenvalue weighted by atomic mass is 10.2. The molecule has 0 spiro atoms. The van der Waals surface area contributed by atoms with Gasteiger partial charge in [0, 0.05) is 6.20 Å². The van der Waals surface area contributed by atoms with E-state index in [0.717, 1.165) is 0 Å². The van der Waals surface area contributed by atoms with Gasteiger partial charge in [-0.05, 0) is 34.6 Å². The lowest BCUT2D eigenvalue weighted by molar-refractivity contribution is -0.139. The second-order valence-corrected chi connectivity index (χ2v) is 8.32. The van der Waals surface area contributed by atoms with Crippen LogP contribution in [0.1, 0.15) is 34.6 Å². The maximum Gasteiger partial charge on any atom is 0.408 e. The van der Waals surface area contributed by atoms with Gasteiger partial charge < -0.3 is 24.2 Å². The zero-order valence-corrected chi connectivity index (χ0v) is 16.5. The van der Waals surface area contributed by atoms with Crippen molar-refractivity contribution in [2.24, 2.45) is 0 Å². The molecule has 10 nitrogen and oxygen atoms in total. The molecule has 1 heterocycles. The minimum absolute atomic E-state index is 0.181. The summed E-state index contributed by atoms with van der Waals surface area (Å²) >= 11 is 0. The third-order valence-electron chi connectivity index (χ3n) is 2.89. The van der Waals surface area contributed by atoms with Gasteiger partial charge in [-0.2, -0.15) is 5.10 Å². The van der Waals surface area contributed by atoms with Crippen LogP contribution in [0, 0.1) is 0 Å². The molecular formula is C15H26N3O7P. The Balaban J connectivity index is 2.88. The average Bonchev–Trinajstić information content (AvgIpc) is 2.94. The van der Waals surface area contributed by atoms with Crippen molar-refractivity contribution < 1.29 is 33.0 Å². The molecule has 148 valence electrons. The van der Waals surface area contributed by atoms with E-state index in [1.165, 1.54) is 17.1 Å². The normalized spacial score (nSPS) is 13.3. The van der Waals surface area contributed by atoms with E-state index in [-0.39, 0.29) is 25.1 Å². The van der Waals surface area contributed by atoms with E-state index in [0.29, 0.717) is 0 Å². The third-order valence-corrected chi connectivity index (χ3v) is 4.95. The van der Waals surface area contributed by atoms with E-state index >= 15 is 0 Å². The number of aliphatic carboxylic acids is 1. The highest BCUT2D eigenvalue weighted by molar-refractivity contribution is 7.62. The number of hydrogen-bond acceptors (Lipinski definition) is 7. The predicted molar refractivity (Wildman–Crippen MR) is 93.5 cm³/mol. The van der Waals surface area contributed by atoms with Crippen molar-refractivity contribution in [1.82, 2.24) is 15.1 Å². The summed E-state index contributed by atoms with van der Waals surface area (Å²) in [6.45, 7) is 8.54. The number of carboxylic acid groups (broad SMARTS) is 1. The van der Waals surface area contributed by atoms with Crippen molar-refractivity contribution in [3.8, 4) is 0 Å². The minimum Gasteiger partial charge on any atom is -0.480 e. The highest BCUT2D eigenvalue weighted by atomic mass is 31.2. The summed E-state index contributed by atoms with van der Waals surface area (Å²) in [4.78, 5) is 23.2. The van der Waals surface area contributed by atoms with E-state index < -0.39 is 31.3 Å². The molecule has 0 fully saturated rings. The second kappa shape index (κ2) is 9.16. The van der Waals surface area contributed by atoms with Crippen LogP contribution in [0.15, 0.2) is 12.4 Å². The molecule has 0 aromatic carbocycles. The summed E-state index contributed by atoms with van der Waals surface area (Å²) in [5.74, 6) is -1.26. The first kappa shape index (κ1) is 22.1. The summed E-state index contributed by atoms with van der Waals surface area (Å²) in [6, 6.07) is -1.28. The standard InChI is InChI=1S/C15H26N3O7P/c1-6-23-26(22,24-7-2)11-8-16-18(9-11)10-12(13(19)20)17-14(21)25-15(3,4)5/h8-9,12H,6-7,10H2,1-5H3,(H,17,21)(H,19,20). The average molecular weight is 391 g/mol. The maximum atomic E-state index is 12.7. The Labute approximate surface area is 152 Å². The molecular weight excluding hydrogens is 365 g/mol. The van der Waals surface area contributed by atoms with Crippen LogP contribution in [-0.2, 0) is 29.7 Å². The third kappa shape index (κ3) is 6.78. The molecule has 2 N–H and O–H groups in total. The molecule has 11 heteroatoms. The lowest BCUT2D eigenvalue weighted by Crippen LogP contribution is -2.45. The molecule has 0 radical (unpaired) electrons. The van der Waals surface area contributed by atoms with Gasteiger partial charge in [-0.15, -0.1) is 0 Å². The first-order valence-electron chi connectivity index (χ1n) is 8.15. The van der Waals surface area contributed by atoms with Crippen LogP contribution in [0.4, 0.5) is 4.79 Å². The molecule has 0 bridgehead atoms. The SMILES string of the molecule is CCOP(=O)(OCC)c1cnn(CC(NC(=O)OC(C)(C)C)C(=O)O)c1. The molecule has 0 aliphatic carbocycles. The van der Waals surface area contributed by atoms with Crippen molar-refractivity contribution >= 4 is 25.0 Å². The molecule has 1 aromatic heterocycles. The van der Waals surface area contributed by atoms with Crippen LogP contribution in [0.5, 0.6) is 0 Å². The molecule has 0 aliphatic heterocycles. The van der Waals surface area contributed by atoms with Gasteiger partial charge in [0.25, 0.3) is 0 Å². The summed E-state index contributed by atoms with van der Waals surface area (Å²) < 4.78 is 29.4. The molecule has 26 heavy (non-hydrogen) atoms. The van der Waals surface area contributed by atoms with Crippen LogP contribution >= 0.6 is 7.60 Å². The fourth-order valence-electron chi connectivity index (χ4n) is 1.94. The Morgan fingerprint density at radius 2 is 1.88 bits per heavy atom. The smallest absolute Gasteiger partial charge is 0.408 e. The molecule has 1 unspecified atom stereocenters. The fraction of sp³-hybridized carbons (Fsp3) is 0.667. The summed E-state index contributed by atoms with van der Waals surface area (Å²) in [7, 11) is -3.52. The van der Waals surface area contributed by atoms with Crippen LogP contribution in [0.25, 0.3) is 0 Å². The molecule has 1 aromatic rings. The van der Waals surface area contributed by atoms with Crippen LogP contribution in [0.3, 0.4) is 0 Å². The molecule has 0 aliphatic rings. The number of rotatable bonds is 9. The highest BCUT2D eigenvalue weighted by Gasteiger charge is 2.30. The number of ether oxygens (including phenoxy) is 1. The summed E-state index contributed by atoms with van der Waals surface area (Å²) in [6.07, 6.45) is 1.81. The number of hydrogen-bond donors (Lipinski definition) is 2. The first-order chi connectivity index (χ1) is 12.0. The van der Waals surface area contributed by atoms with Gasteiger partial charge in [0.2, 0.25) is 0 Å². The van der Waals surface area contributed by atoms with Crippen molar-refractivity contribution in [2.45, 2.75) is 52.8 Å². The van der Waals surface area contributed by atoms with E-state index in [9.17, 15) is 19.3 Å². The number of nitrogens with zero attached hydrogens (tertiary/aromatic N) is 2. The van der Waals surface area contributed by atoms with Gasteiger partial charge in [0.05, 0.1) is 26.0 Å². The fourth-order valence-corrected chi connectivity index (χ4v) is 3.46. The zero-order chi connectivity index (χ0) is 20.0. The Morgan fingerprint density at radius 1 is 1.31 bits per heavy atom.